The Balaban J connectivity index is 1.63. The molecule has 0 unspecified atom stereocenters. The van der Waals surface area contributed by atoms with Crippen molar-refractivity contribution in [2.75, 3.05) is 39.8 Å². The van der Waals surface area contributed by atoms with E-state index in [2.05, 4.69) is 40.8 Å². The number of aromatic nitrogens is 1. The van der Waals surface area contributed by atoms with Gasteiger partial charge < -0.3 is 14.8 Å². The zero-order valence-corrected chi connectivity index (χ0v) is 15.7. The number of amides is 2. The summed E-state index contributed by atoms with van der Waals surface area (Å²) in [6, 6.07) is 12.0. The highest BCUT2D eigenvalue weighted by atomic mass is 16.2. The quantitative estimate of drug-likeness (QED) is 0.907. The molecule has 0 saturated carbocycles. The number of hydrogen-bond acceptors (Lipinski definition) is 3. The molecule has 3 rings (SSSR count). The van der Waals surface area contributed by atoms with Crippen LogP contribution < -0.4 is 5.32 Å². The van der Waals surface area contributed by atoms with Gasteiger partial charge in [-0.3, -0.25) is 14.5 Å². The summed E-state index contributed by atoms with van der Waals surface area (Å²) in [6.07, 6.45) is 0. The Bertz CT molecular complexity index is 767. The number of piperazine rings is 1. The molecular weight excluding hydrogens is 328 g/mol. The van der Waals surface area contributed by atoms with Gasteiger partial charge in [0.1, 0.15) is 0 Å². The van der Waals surface area contributed by atoms with Crippen molar-refractivity contribution in [3.05, 3.63) is 53.3 Å². The van der Waals surface area contributed by atoms with E-state index < -0.39 is 0 Å². The predicted octanol–water partition coefficient (Wildman–Crippen LogP) is 1.60. The molecule has 0 aliphatic carbocycles. The van der Waals surface area contributed by atoms with Gasteiger partial charge in [-0.05, 0) is 50.2 Å². The lowest BCUT2D eigenvalue weighted by molar-refractivity contribution is -0.122. The van der Waals surface area contributed by atoms with E-state index in [4.69, 9.17) is 0 Å². The zero-order chi connectivity index (χ0) is 18.7. The van der Waals surface area contributed by atoms with E-state index >= 15 is 0 Å². The lowest BCUT2D eigenvalue weighted by atomic mass is 10.1. The molecule has 2 heterocycles. The molecule has 0 atom stereocenters. The van der Waals surface area contributed by atoms with Crippen molar-refractivity contribution in [3.63, 3.8) is 0 Å². The lowest BCUT2D eigenvalue weighted by Crippen LogP contribution is -2.50. The van der Waals surface area contributed by atoms with Gasteiger partial charge in [-0.25, -0.2) is 0 Å². The van der Waals surface area contributed by atoms with Gasteiger partial charge in [0.2, 0.25) is 5.91 Å². The Hall–Kier alpha value is -2.60. The summed E-state index contributed by atoms with van der Waals surface area (Å²) in [5.74, 6) is 0.0630. The average Bonchev–Trinajstić information content (AvgIpc) is 3.00. The second kappa shape index (κ2) is 7.74. The van der Waals surface area contributed by atoms with Crippen LogP contribution in [0.5, 0.6) is 0 Å². The molecule has 1 fully saturated rings. The standard InChI is InChI=1S/C20H26N4O2/c1-15-4-5-16(2)24(15)18-8-6-17(7-9-18)20(26)23-12-10-22(11-13-23)14-19(25)21-3/h4-9H,10-14H2,1-3H3,(H,21,25). The summed E-state index contributed by atoms with van der Waals surface area (Å²) in [4.78, 5) is 28.1. The number of likely N-dealkylation sites (N-methyl/N-ethyl adjacent to an activating group) is 1. The molecule has 6 nitrogen and oxygen atoms in total. The summed E-state index contributed by atoms with van der Waals surface area (Å²) in [5, 5.41) is 2.63. The number of hydrogen-bond donors (Lipinski definition) is 1. The van der Waals surface area contributed by atoms with Crippen LogP contribution in [0.2, 0.25) is 0 Å². The van der Waals surface area contributed by atoms with E-state index in [1.807, 2.05) is 29.2 Å². The second-order valence-corrected chi connectivity index (χ2v) is 6.74. The minimum absolute atomic E-state index is 0.0102. The summed E-state index contributed by atoms with van der Waals surface area (Å²) >= 11 is 0. The Labute approximate surface area is 154 Å². The van der Waals surface area contributed by atoms with Gasteiger partial charge in [-0.1, -0.05) is 0 Å². The number of carbonyl (C=O) groups is 2. The Kier molecular flexibility index (Phi) is 5.42. The minimum Gasteiger partial charge on any atom is -0.358 e. The van der Waals surface area contributed by atoms with E-state index in [9.17, 15) is 9.59 Å². The van der Waals surface area contributed by atoms with Crippen LogP contribution in [0.25, 0.3) is 5.69 Å². The monoisotopic (exact) mass is 354 g/mol. The predicted molar refractivity (Wildman–Crippen MR) is 102 cm³/mol. The van der Waals surface area contributed by atoms with Crippen LogP contribution in [-0.2, 0) is 4.79 Å². The molecule has 0 bridgehead atoms. The van der Waals surface area contributed by atoms with Crippen molar-refractivity contribution < 1.29 is 9.59 Å². The normalized spacial score (nSPS) is 15.1. The van der Waals surface area contributed by atoms with E-state index in [0.29, 0.717) is 25.2 Å². The molecule has 2 amide bonds. The topological polar surface area (TPSA) is 57.6 Å². The maximum atomic E-state index is 12.7. The Morgan fingerprint density at radius 3 is 2.04 bits per heavy atom. The van der Waals surface area contributed by atoms with Crippen LogP contribution in [0.4, 0.5) is 0 Å². The van der Waals surface area contributed by atoms with Crippen LogP contribution in [0.3, 0.4) is 0 Å². The van der Waals surface area contributed by atoms with Crippen molar-refractivity contribution in [2.24, 2.45) is 0 Å². The third-order valence-electron chi connectivity index (χ3n) is 4.95. The van der Waals surface area contributed by atoms with Crippen molar-refractivity contribution in [3.8, 4) is 5.69 Å². The van der Waals surface area contributed by atoms with Crippen LogP contribution >= 0.6 is 0 Å². The SMILES string of the molecule is CNC(=O)CN1CCN(C(=O)c2ccc(-n3c(C)ccc3C)cc2)CC1. The third-order valence-corrected chi connectivity index (χ3v) is 4.95. The van der Waals surface area contributed by atoms with Gasteiger partial charge in [-0.15, -0.1) is 0 Å². The molecule has 1 N–H and O–H groups in total. The second-order valence-electron chi connectivity index (χ2n) is 6.74. The molecule has 6 heteroatoms. The van der Waals surface area contributed by atoms with E-state index in [-0.39, 0.29) is 11.8 Å². The van der Waals surface area contributed by atoms with Crippen molar-refractivity contribution in [1.82, 2.24) is 19.7 Å². The van der Waals surface area contributed by atoms with Gasteiger partial charge in [0.15, 0.2) is 0 Å². The van der Waals surface area contributed by atoms with E-state index in [1.165, 1.54) is 11.4 Å². The van der Waals surface area contributed by atoms with E-state index in [0.717, 1.165) is 18.8 Å². The van der Waals surface area contributed by atoms with Crippen molar-refractivity contribution >= 4 is 11.8 Å². The molecule has 1 aromatic carbocycles. The first-order valence-electron chi connectivity index (χ1n) is 8.97. The van der Waals surface area contributed by atoms with Crippen LogP contribution in [0.15, 0.2) is 36.4 Å². The highest BCUT2D eigenvalue weighted by Crippen LogP contribution is 2.18. The number of benzene rings is 1. The first kappa shape index (κ1) is 18.2. The Morgan fingerprint density at radius 1 is 0.923 bits per heavy atom. The van der Waals surface area contributed by atoms with Crippen LogP contribution in [0, 0.1) is 13.8 Å². The molecule has 26 heavy (non-hydrogen) atoms. The Morgan fingerprint density at radius 2 is 1.50 bits per heavy atom. The molecule has 2 aromatic rings. The smallest absolute Gasteiger partial charge is 0.253 e. The number of aryl methyl sites for hydroxylation is 2. The highest BCUT2D eigenvalue weighted by Gasteiger charge is 2.23. The molecule has 1 aliphatic heterocycles. The number of nitrogens with one attached hydrogen (secondary N) is 1. The fraction of sp³-hybridized carbons (Fsp3) is 0.400. The number of rotatable bonds is 4. The summed E-state index contributed by atoms with van der Waals surface area (Å²) < 4.78 is 2.17. The lowest BCUT2D eigenvalue weighted by Gasteiger charge is -2.34. The molecule has 0 radical (unpaired) electrons. The largest absolute Gasteiger partial charge is 0.358 e. The average molecular weight is 354 g/mol. The van der Waals surface area contributed by atoms with E-state index in [1.54, 1.807) is 7.05 Å². The maximum Gasteiger partial charge on any atom is 0.253 e. The van der Waals surface area contributed by atoms with Gasteiger partial charge in [0, 0.05) is 55.9 Å². The molecule has 1 aromatic heterocycles. The maximum absolute atomic E-state index is 12.7. The minimum atomic E-state index is 0.0102. The van der Waals surface area contributed by atoms with Gasteiger partial charge >= 0.3 is 0 Å². The van der Waals surface area contributed by atoms with Crippen molar-refractivity contribution in [2.45, 2.75) is 13.8 Å². The molecule has 0 spiro atoms. The number of carbonyl (C=O) groups excluding carboxylic acids is 2. The highest BCUT2D eigenvalue weighted by molar-refractivity contribution is 5.94. The first-order chi connectivity index (χ1) is 12.5. The fourth-order valence-electron chi connectivity index (χ4n) is 3.40. The van der Waals surface area contributed by atoms with Crippen LogP contribution in [-0.4, -0.2) is 66.0 Å². The molecule has 1 saturated heterocycles. The third kappa shape index (κ3) is 3.80. The zero-order valence-electron chi connectivity index (χ0n) is 15.7. The first-order valence-corrected chi connectivity index (χ1v) is 8.97. The van der Waals surface area contributed by atoms with Gasteiger partial charge in [0.05, 0.1) is 6.54 Å². The molecule has 138 valence electrons. The van der Waals surface area contributed by atoms with Gasteiger partial charge in [-0.2, -0.15) is 0 Å². The molecule has 1 aliphatic rings. The summed E-state index contributed by atoms with van der Waals surface area (Å²) in [5.41, 5.74) is 4.12. The summed E-state index contributed by atoms with van der Waals surface area (Å²) in [7, 11) is 1.64. The van der Waals surface area contributed by atoms with Gasteiger partial charge in [0.25, 0.3) is 5.91 Å². The summed E-state index contributed by atoms with van der Waals surface area (Å²) in [6.45, 7) is 7.27. The van der Waals surface area contributed by atoms with Crippen LogP contribution in [0.1, 0.15) is 21.7 Å². The number of nitrogens with zero attached hydrogens (tertiary/aromatic N) is 3. The fourth-order valence-corrected chi connectivity index (χ4v) is 3.40. The van der Waals surface area contributed by atoms with Crippen molar-refractivity contribution in [1.29, 1.82) is 0 Å². The molecular formula is C20H26N4O2.